The first-order valence-corrected chi connectivity index (χ1v) is 5.77. The summed E-state index contributed by atoms with van der Waals surface area (Å²) in [4.78, 5) is 0. The van der Waals surface area contributed by atoms with Gasteiger partial charge in [-0.2, -0.15) is 5.26 Å². The quantitative estimate of drug-likeness (QED) is 0.601. The topological polar surface area (TPSA) is 23.8 Å². The molecule has 0 aromatic carbocycles. The Morgan fingerprint density at radius 2 is 1.92 bits per heavy atom. The van der Waals surface area contributed by atoms with E-state index < -0.39 is 0 Å². The fourth-order valence-corrected chi connectivity index (χ4v) is 4.56. The maximum atomic E-state index is 8.75. The first kappa shape index (κ1) is 7.85. The molecule has 0 aliphatic heterocycles. The van der Waals surface area contributed by atoms with Gasteiger partial charge in [0.2, 0.25) is 0 Å². The minimum absolute atomic E-state index is 0.786. The molecule has 3 aliphatic carbocycles. The van der Waals surface area contributed by atoms with Crippen molar-refractivity contribution in [3.05, 3.63) is 0 Å². The van der Waals surface area contributed by atoms with Crippen LogP contribution in [-0.4, -0.2) is 0 Å². The zero-order valence-electron chi connectivity index (χ0n) is 8.08. The first-order valence-electron chi connectivity index (χ1n) is 5.77. The Kier molecular flexibility index (Phi) is 1.65. The lowest BCUT2D eigenvalue weighted by Gasteiger charge is -2.30. The first-order chi connectivity index (χ1) is 6.40. The molecule has 70 valence electrons. The number of hydrogen-bond donors (Lipinski definition) is 0. The molecule has 13 heavy (non-hydrogen) atoms. The summed E-state index contributed by atoms with van der Waals surface area (Å²) in [6.07, 6.45) is 8.16. The van der Waals surface area contributed by atoms with E-state index in [0.717, 1.165) is 36.0 Å². The Bertz CT molecular complexity index is 252. The van der Waals surface area contributed by atoms with E-state index in [0.29, 0.717) is 0 Å². The van der Waals surface area contributed by atoms with E-state index in [-0.39, 0.29) is 0 Å². The van der Waals surface area contributed by atoms with Crippen molar-refractivity contribution in [1.29, 1.82) is 5.26 Å². The van der Waals surface area contributed by atoms with Crippen molar-refractivity contribution in [1.82, 2.24) is 0 Å². The summed E-state index contributed by atoms with van der Waals surface area (Å²) >= 11 is 0. The number of nitriles is 1. The molecule has 2 bridgehead atoms. The Labute approximate surface area is 80.1 Å². The van der Waals surface area contributed by atoms with Gasteiger partial charge in [0.15, 0.2) is 0 Å². The Morgan fingerprint density at radius 1 is 1.08 bits per heavy atom. The van der Waals surface area contributed by atoms with Crippen LogP contribution in [0.3, 0.4) is 0 Å². The third kappa shape index (κ3) is 0.980. The number of hydrogen-bond acceptors (Lipinski definition) is 1. The molecule has 0 N–H and O–H groups in total. The molecule has 5 atom stereocenters. The van der Waals surface area contributed by atoms with Gasteiger partial charge in [-0.3, -0.25) is 0 Å². The van der Waals surface area contributed by atoms with Crippen molar-refractivity contribution in [2.45, 2.75) is 38.5 Å². The van der Waals surface area contributed by atoms with Crippen molar-refractivity contribution >= 4 is 0 Å². The molecular weight excluding hydrogens is 158 g/mol. The van der Waals surface area contributed by atoms with E-state index in [2.05, 4.69) is 6.07 Å². The van der Waals surface area contributed by atoms with Crippen molar-refractivity contribution < 1.29 is 0 Å². The lowest BCUT2D eigenvalue weighted by atomic mass is 9.75. The van der Waals surface area contributed by atoms with Gasteiger partial charge >= 0.3 is 0 Å². The molecule has 0 aromatic rings. The van der Waals surface area contributed by atoms with Crippen LogP contribution >= 0.6 is 0 Å². The Morgan fingerprint density at radius 3 is 2.77 bits per heavy atom. The molecular formula is C12H17N. The summed E-state index contributed by atoms with van der Waals surface area (Å²) in [5, 5.41) is 8.75. The highest BCUT2D eigenvalue weighted by atomic mass is 14.6. The highest BCUT2D eigenvalue weighted by Gasteiger charge is 2.53. The van der Waals surface area contributed by atoms with E-state index in [4.69, 9.17) is 5.26 Å². The Balaban J connectivity index is 1.79. The maximum absolute atomic E-state index is 8.75. The van der Waals surface area contributed by atoms with Crippen LogP contribution in [0.5, 0.6) is 0 Å². The van der Waals surface area contributed by atoms with Crippen LogP contribution in [0.4, 0.5) is 0 Å². The van der Waals surface area contributed by atoms with Gasteiger partial charge in [0, 0.05) is 6.42 Å². The molecule has 0 saturated heterocycles. The normalized spacial score (nSPS) is 52.1. The second-order valence-electron chi connectivity index (χ2n) is 5.28. The molecule has 1 heteroatoms. The summed E-state index contributed by atoms with van der Waals surface area (Å²) in [5.41, 5.74) is 0. The van der Waals surface area contributed by atoms with Crippen LogP contribution in [0.15, 0.2) is 0 Å². The van der Waals surface area contributed by atoms with Gasteiger partial charge in [0.1, 0.15) is 0 Å². The SMILES string of the molecule is N#CC[C@H]1C[C@@H]2C[C@@H]1[C@@H]1CCC[C@H]21. The molecule has 0 unspecified atom stereocenters. The Hall–Kier alpha value is -0.510. The predicted octanol–water partition coefficient (Wildman–Crippen LogP) is 2.97. The minimum Gasteiger partial charge on any atom is -0.198 e. The average Bonchev–Trinajstić information content (AvgIpc) is 2.72. The summed E-state index contributed by atoms with van der Waals surface area (Å²) in [5.74, 6) is 4.89. The molecule has 3 aliphatic rings. The summed E-state index contributed by atoms with van der Waals surface area (Å²) in [6, 6.07) is 2.37. The van der Waals surface area contributed by atoms with Crippen LogP contribution in [0.2, 0.25) is 0 Å². The smallest absolute Gasteiger partial charge is 0.0624 e. The number of nitrogens with zero attached hydrogens (tertiary/aromatic N) is 1. The largest absolute Gasteiger partial charge is 0.198 e. The molecule has 0 aromatic heterocycles. The van der Waals surface area contributed by atoms with E-state index in [1.165, 1.54) is 32.1 Å². The summed E-state index contributed by atoms with van der Waals surface area (Å²) in [6.45, 7) is 0. The molecule has 1 nitrogen and oxygen atoms in total. The third-order valence-corrected chi connectivity index (χ3v) is 4.92. The van der Waals surface area contributed by atoms with Crippen LogP contribution < -0.4 is 0 Å². The summed E-state index contributed by atoms with van der Waals surface area (Å²) in [7, 11) is 0. The van der Waals surface area contributed by atoms with E-state index >= 15 is 0 Å². The molecule has 0 amide bonds. The van der Waals surface area contributed by atoms with Crippen LogP contribution in [0.1, 0.15) is 38.5 Å². The van der Waals surface area contributed by atoms with E-state index in [1.807, 2.05) is 0 Å². The fraction of sp³-hybridized carbons (Fsp3) is 0.917. The number of rotatable bonds is 1. The number of fused-ring (bicyclic) bond motifs is 5. The molecule has 0 spiro atoms. The average molecular weight is 175 g/mol. The molecule has 3 rings (SSSR count). The van der Waals surface area contributed by atoms with Gasteiger partial charge in [0.25, 0.3) is 0 Å². The van der Waals surface area contributed by atoms with Crippen LogP contribution in [0, 0.1) is 40.9 Å². The lowest BCUT2D eigenvalue weighted by Crippen LogP contribution is -2.23. The monoisotopic (exact) mass is 175 g/mol. The van der Waals surface area contributed by atoms with E-state index in [9.17, 15) is 0 Å². The third-order valence-electron chi connectivity index (χ3n) is 4.92. The van der Waals surface area contributed by atoms with Crippen molar-refractivity contribution in [3.8, 4) is 6.07 Å². The highest BCUT2D eigenvalue weighted by Crippen LogP contribution is 2.61. The zero-order valence-corrected chi connectivity index (χ0v) is 8.08. The maximum Gasteiger partial charge on any atom is 0.0624 e. The van der Waals surface area contributed by atoms with Gasteiger partial charge < -0.3 is 0 Å². The zero-order chi connectivity index (χ0) is 8.84. The minimum atomic E-state index is 0.786. The van der Waals surface area contributed by atoms with Crippen LogP contribution in [0.25, 0.3) is 0 Å². The fourth-order valence-electron chi connectivity index (χ4n) is 4.56. The molecule has 3 saturated carbocycles. The van der Waals surface area contributed by atoms with Crippen LogP contribution in [-0.2, 0) is 0 Å². The van der Waals surface area contributed by atoms with Crippen molar-refractivity contribution in [3.63, 3.8) is 0 Å². The predicted molar refractivity (Wildman–Crippen MR) is 50.8 cm³/mol. The highest BCUT2D eigenvalue weighted by molar-refractivity contribution is 5.04. The standard InChI is InChI=1S/C12H17N/c13-5-4-8-6-9-7-12(8)11-3-1-2-10(9)11/h8-12H,1-4,6-7H2/t8-,9+,10+,11+,12-/m0/s1. The van der Waals surface area contributed by atoms with Gasteiger partial charge in [0.05, 0.1) is 6.07 Å². The molecule has 0 radical (unpaired) electrons. The van der Waals surface area contributed by atoms with Gasteiger partial charge in [-0.15, -0.1) is 0 Å². The van der Waals surface area contributed by atoms with Crippen molar-refractivity contribution in [2.24, 2.45) is 29.6 Å². The van der Waals surface area contributed by atoms with Gasteiger partial charge in [-0.25, -0.2) is 0 Å². The van der Waals surface area contributed by atoms with Gasteiger partial charge in [-0.1, -0.05) is 6.42 Å². The second-order valence-corrected chi connectivity index (χ2v) is 5.28. The van der Waals surface area contributed by atoms with Crippen molar-refractivity contribution in [2.75, 3.05) is 0 Å². The molecule has 3 fully saturated rings. The summed E-state index contributed by atoms with van der Waals surface area (Å²) < 4.78 is 0. The van der Waals surface area contributed by atoms with Gasteiger partial charge in [-0.05, 0) is 55.3 Å². The van der Waals surface area contributed by atoms with E-state index in [1.54, 1.807) is 0 Å². The molecule has 0 heterocycles. The second kappa shape index (κ2) is 2.74. The lowest BCUT2D eigenvalue weighted by molar-refractivity contribution is 0.192.